The van der Waals surface area contributed by atoms with E-state index in [0.29, 0.717) is 17.8 Å². The van der Waals surface area contributed by atoms with Gasteiger partial charge in [0.2, 0.25) is 11.7 Å². The number of nitrogens with one attached hydrogen (secondary N) is 1. The SMILES string of the molecule is C[C@@H](N[C@@H]1CCc2ncnn2C1)c1nc(-c2cccs2)no1. The van der Waals surface area contributed by atoms with Crippen LogP contribution >= 0.6 is 11.3 Å². The van der Waals surface area contributed by atoms with Crippen LogP contribution in [0.15, 0.2) is 28.4 Å². The maximum absolute atomic E-state index is 5.39. The number of hydrogen-bond donors (Lipinski definition) is 1. The van der Waals surface area contributed by atoms with E-state index in [4.69, 9.17) is 4.52 Å². The Bertz CT molecular complexity index is 749. The molecule has 0 unspecified atom stereocenters. The zero-order chi connectivity index (χ0) is 14.9. The van der Waals surface area contributed by atoms with E-state index in [1.807, 2.05) is 29.1 Å². The molecular formula is C14H16N6OS. The van der Waals surface area contributed by atoms with Crippen LogP contribution in [0.2, 0.25) is 0 Å². The molecule has 7 nitrogen and oxygen atoms in total. The van der Waals surface area contributed by atoms with Crippen molar-refractivity contribution in [2.24, 2.45) is 0 Å². The lowest BCUT2D eigenvalue weighted by Crippen LogP contribution is -2.39. The molecule has 3 aromatic heterocycles. The van der Waals surface area contributed by atoms with Crippen LogP contribution in [0.1, 0.15) is 31.1 Å². The van der Waals surface area contributed by atoms with Crippen molar-refractivity contribution in [2.75, 3.05) is 0 Å². The summed E-state index contributed by atoms with van der Waals surface area (Å²) in [7, 11) is 0. The van der Waals surface area contributed by atoms with Crippen LogP contribution in [0.3, 0.4) is 0 Å². The third kappa shape index (κ3) is 2.55. The molecule has 4 rings (SSSR count). The average Bonchev–Trinajstić information content (AvgIpc) is 3.26. The first-order valence-electron chi connectivity index (χ1n) is 7.30. The maximum atomic E-state index is 5.39. The molecule has 0 radical (unpaired) electrons. The minimum Gasteiger partial charge on any atom is -0.337 e. The quantitative estimate of drug-likeness (QED) is 0.793. The zero-order valence-electron chi connectivity index (χ0n) is 12.1. The monoisotopic (exact) mass is 316 g/mol. The van der Waals surface area contributed by atoms with E-state index < -0.39 is 0 Å². The summed E-state index contributed by atoms with van der Waals surface area (Å²) in [5, 5.41) is 13.8. The molecule has 0 fully saturated rings. The minimum absolute atomic E-state index is 0.0104. The average molecular weight is 316 g/mol. The molecule has 2 atom stereocenters. The topological polar surface area (TPSA) is 81.7 Å². The zero-order valence-corrected chi connectivity index (χ0v) is 13.0. The molecular weight excluding hydrogens is 300 g/mol. The van der Waals surface area contributed by atoms with Crippen LogP contribution < -0.4 is 5.32 Å². The highest BCUT2D eigenvalue weighted by atomic mass is 32.1. The van der Waals surface area contributed by atoms with E-state index in [1.165, 1.54) is 0 Å². The number of nitrogens with zero attached hydrogens (tertiary/aromatic N) is 5. The van der Waals surface area contributed by atoms with Crippen molar-refractivity contribution in [1.29, 1.82) is 0 Å². The molecule has 0 spiro atoms. The third-order valence-corrected chi connectivity index (χ3v) is 4.71. The largest absolute Gasteiger partial charge is 0.337 e. The van der Waals surface area contributed by atoms with Gasteiger partial charge in [0.25, 0.3) is 0 Å². The van der Waals surface area contributed by atoms with E-state index in [-0.39, 0.29) is 6.04 Å². The first-order chi connectivity index (χ1) is 10.8. The van der Waals surface area contributed by atoms with Crippen molar-refractivity contribution in [2.45, 2.75) is 38.4 Å². The first-order valence-corrected chi connectivity index (χ1v) is 8.18. The summed E-state index contributed by atoms with van der Waals surface area (Å²) in [5.41, 5.74) is 0. The van der Waals surface area contributed by atoms with Gasteiger partial charge in [0.05, 0.1) is 17.5 Å². The number of hydrogen-bond acceptors (Lipinski definition) is 7. The van der Waals surface area contributed by atoms with Gasteiger partial charge >= 0.3 is 0 Å². The fourth-order valence-electron chi connectivity index (χ4n) is 2.72. The predicted molar refractivity (Wildman–Crippen MR) is 81.3 cm³/mol. The van der Waals surface area contributed by atoms with Gasteiger partial charge in [0.15, 0.2) is 0 Å². The van der Waals surface area contributed by atoms with E-state index in [2.05, 4.69) is 25.5 Å². The molecule has 1 aliphatic heterocycles. The molecule has 4 heterocycles. The van der Waals surface area contributed by atoms with Gasteiger partial charge in [-0.2, -0.15) is 10.1 Å². The van der Waals surface area contributed by atoms with E-state index in [9.17, 15) is 0 Å². The van der Waals surface area contributed by atoms with E-state index in [1.54, 1.807) is 17.7 Å². The normalized spacial score (nSPS) is 19.0. The molecule has 114 valence electrons. The summed E-state index contributed by atoms with van der Waals surface area (Å²) in [6.07, 6.45) is 3.59. The van der Waals surface area contributed by atoms with Crippen molar-refractivity contribution in [3.05, 3.63) is 35.6 Å². The molecule has 8 heteroatoms. The van der Waals surface area contributed by atoms with Gasteiger partial charge in [-0.05, 0) is 24.8 Å². The maximum Gasteiger partial charge on any atom is 0.243 e. The molecule has 0 amide bonds. The number of aromatic nitrogens is 5. The molecule has 1 N–H and O–H groups in total. The highest BCUT2D eigenvalue weighted by Crippen LogP contribution is 2.23. The van der Waals surface area contributed by atoms with E-state index in [0.717, 1.165) is 30.1 Å². The van der Waals surface area contributed by atoms with Crippen LogP contribution in [0.25, 0.3) is 10.7 Å². The molecule has 22 heavy (non-hydrogen) atoms. The lowest BCUT2D eigenvalue weighted by atomic mass is 10.1. The van der Waals surface area contributed by atoms with Gasteiger partial charge in [-0.25, -0.2) is 9.67 Å². The Kier molecular flexibility index (Phi) is 3.47. The van der Waals surface area contributed by atoms with Crippen molar-refractivity contribution in [1.82, 2.24) is 30.2 Å². The molecule has 0 bridgehead atoms. The first kappa shape index (κ1) is 13.6. The van der Waals surface area contributed by atoms with E-state index >= 15 is 0 Å². The van der Waals surface area contributed by atoms with Gasteiger partial charge in [0.1, 0.15) is 12.2 Å². The summed E-state index contributed by atoms with van der Waals surface area (Å²) in [6, 6.07) is 4.32. The Labute approximate surface area is 131 Å². The molecule has 0 aromatic carbocycles. The number of thiophene rings is 1. The second-order valence-electron chi connectivity index (χ2n) is 5.42. The molecule has 0 saturated heterocycles. The van der Waals surface area contributed by atoms with Gasteiger partial charge in [0, 0.05) is 12.5 Å². The lowest BCUT2D eigenvalue weighted by molar-refractivity contribution is 0.288. The highest BCUT2D eigenvalue weighted by molar-refractivity contribution is 7.13. The van der Waals surface area contributed by atoms with Gasteiger partial charge in [-0.15, -0.1) is 11.3 Å². The van der Waals surface area contributed by atoms with Crippen LogP contribution in [0.5, 0.6) is 0 Å². The molecule has 0 saturated carbocycles. The Balaban J connectivity index is 1.43. The summed E-state index contributed by atoms with van der Waals surface area (Å²) in [4.78, 5) is 9.75. The van der Waals surface area contributed by atoms with Crippen molar-refractivity contribution in [3.63, 3.8) is 0 Å². The Hall–Kier alpha value is -2.06. The fraction of sp³-hybridized carbons (Fsp3) is 0.429. The summed E-state index contributed by atoms with van der Waals surface area (Å²) in [6.45, 7) is 2.87. The molecule has 1 aliphatic rings. The smallest absolute Gasteiger partial charge is 0.243 e. The number of rotatable bonds is 4. The fourth-order valence-corrected chi connectivity index (χ4v) is 3.36. The minimum atomic E-state index is 0.0104. The number of aryl methyl sites for hydroxylation is 1. The molecule has 0 aliphatic carbocycles. The van der Waals surface area contributed by atoms with Crippen LogP contribution in [0.4, 0.5) is 0 Å². The predicted octanol–water partition coefficient (Wildman–Crippen LogP) is 2.06. The standard InChI is InChI=1S/C14H16N6OS/c1-9(14-18-13(19-21-14)11-3-2-6-22-11)17-10-4-5-12-15-8-16-20(12)7-10/h2-3,6,8-10,17H,4-5,7H2,1H3/t9-,10-/m1/s1. The van der Waals surface area contributed by atoms with Gasteiger partial charge < -0.3 is 9.84 Å². The Morgan fingerprint density at radius 1 is 1.50 bits per heavy atom. The summed E-state index contributed by atoms with van der Waals surface area (Å²) >= 11 is 1.61. The van der Waals surface area contributed by atoms with Crippen LogP contribution in [0, 0.1) is 0 Å². The van der Waals surface area contributed by atoms with Crippen molar-refractivity contribution in [3.8, 4) is 10.7 Å². The second-order valence-corrected chi connectivity index (χ2v) is 6.36. The summed E-state index contributed by atoms with van der Waals surface area (Å²) < 4.78 is 7.35. The van der Waals surface area contributed by atoms with Crippen molar-refractivity contribution < 1.29 is 4.52 Å². The van der Waals surface area contributed by atoms with Gasteiger partial charge in [-0.3, -0.25) is 0 Å². The Morgan fingerprint density at radius 3 is 3.32 bits per heavy atom. The highest BCUT2D eigenvalue weighted by Gasteiger charge is 2.23. The summed E-state index contributed by atoms with van der Waals surface area (Å²) in [5.74, 6) is 2.33. The third-order valence-electron chi connectivity index (χ3n) is 3.84. The van der Waals surface area contributed by atoms with Crippen LogP contribution in [-0.2, 0) is 13.0 Å². The van der Waals surface area contributed by atoms with Crippen molar-refractivity contribution >= 4 is 11.3 Å². The number of fused-ring (bicyclic) bond motifs is 1. The molecule has 3 aromatic rings. The lowest BCUT2D eigenvalue weighted by Gasteiger charge is -2.25. The van der Waals surface area contributed by atoms with Gasteiger partial charge in [-0.1, -0.05) is 11.2 Å². The van der Waals surface area contributed by atoms with Crippen LogP contribution in [-0.4, -0.2) is 30.9 Å². The second kappa shape index (κ2) is 5.62. The Morgan fingerprint density at radius 2 is 2.45 bits per heavy atom.